The number of benzene rings is 1. The molecule has 1 aromatic heterocycles. The lowest BCUT2D eigenvalue weighted by molar-refractivity contribution is 0.414. The average molecular weight is 355 g/mol. The molecule has 2 aromatic rings. The molecule has 0 N–H and O–H groups in total. The summed E-state index contributed by atoms with van der Waals surface area (Å²) in [5.41, 5.74) is 2.39. The van der Waals surface area contributed by atoms with Gasteiger partial charge in [0.15, 0.2) is 0 Å². The highest BCUT2D eigenvalue weighted by Crippen LogP contribution is 2.30. The Morgan fingerprint density at radius 2 is 1.95 bits per heavy atom. The van der Waals surface area contributed by atoms with Gasteiger partial charge in [0, 0.05) is 17.2 Å². The topological polar surface area (TPSA) is 27.1 Å². The number of hydrogen-bond acceptors (Lipinski definition) is 3. The van der Waals surface area contributed by atoms with Gasteiger partial charge in [-0.25, -0.2) is 0 Å². The molecule has 1 aromatic carbocycles. The molecule has 5 heteroatoms. The van der Waals surface area contributed by atoms with E-state index in [1.54, 1.807) is 7.11 Å². The Hall–Kier alpha value is -0.940. The lowest BCUT2D eigenvalue weighted by Gasteiger charge is -2.06. The number of aryl methyl sites for hydroxylation is 2. The minimum Gasteiger partial charge on any atom is -0.497 e. The van der Waals surface area contributed by atoms with Crippen LogP contribution in [0.3, 0.4) is 0 Å². The fourth-order valence-electron chi connectivity index (χ4n) is 1.98. The third kappa shape index (κ3) is 3.38. The number of halogens is 1. The van der Waals surface area contributed by atoms with E-state index in [-0.39, 0.29) is 0 Å². The number of aromatic nitrogens is 2. The minimum atomic E-state index is 0.891. The normalized spacial score (nSPS) is 10.8. The molecule has 0 saturated heterocycles. The van der Waals surface area contributed by atoms with Crippen LogP contribution in [-0.4, -0.2) is 16.9 Å². The highest BCUT2D eigenvalue weighted by atomic mass is 79.9. The van der Waals surface area contributed by atoms with Gasteiger partial charge in [-0.15, -0.1) is 11.8 Å². The Bertz CT molecular complexity index is 566. The molecule has 1 heterocycles. The molecular formula is C15H19BrN2OS. The largest absolute Gasteiger partial charge is 0.497 e. The second-order valence-electron chi connectivity index (χ2n) is 4.34. The zero-order chi connectivity index (χ0) is 14.5. The molecule has 108 valence electrons. The Balaban J connectivity index is 2.11. The summed E-state index contributed by atoms with van der Waals surface area (Å²) in [6, 6.07) is 8.16. The third-order valence-corrected chi connectivity index (χ3v) is 5.07. The van der Waals surface area contributed by atoms with Gasteiger partial charge in [0.25, 0.3) is 0 Å². The van der Waals surface area contributed by atoms with Crippen LogP contribution < -0.4 is 4.74 Å². The van der Waals surface area contributed by atoms with Crippen molar-refractivity contribution in [3.8, 4) is 5.75 Å². The molecule has 3 nitrogen and oxygen atoms in total. The maximum atomic E-state index is 5.17. The molecule has 20 heavy (non-hydrogen) atoms. The number of nitrogens with zero attached hydrogens (tertiary/aromatic N) is 2. The van der Waals surface area contributed by atoms with Crippen molar-refractivity contribution in [1.82, 2.24) is 9.78 Å². The molecule has 0 aliphatic heterocycles. The Morgan fingerprint density at radius 1 is 1.25 bits per heavy atom. The van der Waals surface area contributed by atoms with E-state index in [9.17, 15) is 0 Å². The van der Waals surface area contributed by atoms with Crippen molar-refractivity contribution in [3.63, 3.8) is 0 Å². The first-order valence-electron chi connectivity index (χ1n) is 6.70. The monoisotopic (exact) mass is 354 g/mol. The summed E-state index contributed by atoms with van der Waals surface area (Å²) in [6.07, 6.45) is 0.952. The van der Waals surface area contributed by atoms with Gasteiger partial charge < -0.3 is 4.74 Å². The van der Waals surface area contributed by atoms with Crippen LogP contribution in [0.25, 0.3) is 0 Å². The number of ether oxygens (including phenoxy) is 1. The molecule has 0 amide bonds. The van der Waals surface area contributed by atoms with Gasteiger partial charge in [0.2, 0.25) is 0 Å². The zero-order valence-electron chi connectivity index (χ0n) is 12.0. The first kappa shape index (κ1) is 15.4. The second kappa shape index (κ2) is 7.18. The van der Waals surface area contributed by atoms with Gasteiger partial charge in [-0.1, -0.05) is 6.92 Å². The van der Waals surface area contributed by atoms with Crippen molar-refractivity contribution >= 4 is 27.7 Å². The summed E-state index contributed by atoms with van der Waals surface area (Å²) >= 11 is 5.50. The summed E-state index contributed by atoms with van der Waals surface area (Å²) in [7, 11) is 1.69. The Kier molecular flexibility index (Phi) is 5.54. The number of rotatable bonds is 6. The van der Waals surface area contributed by atoms with Crippen molar-refractivity contribution < 1.29 is 4.74 Å². The average Bonchev–Trinajstić information content (AvgIpc) is 2.81. The standard InChI is InChI=1S/C15H19BrN2OS/c1-4-13-15(16)14(18(5-2)17-13)10-20-12-8-6-11(19-3)7-9-12/h6-9H,4-5,10H2,1-3H3. The molecule has 0 atom stereocenters. The summed E-state index contributed by atoms with van der Waals surface area (Å²) < 4.78 is 8.41. The smallest absolute Gasteiger partial charge is 0.118 e. The molecule has 0 aliphatic rings. The summed E-state index contributed by atoms with van der Waals surface area (Å²) in [5, 5.41) is 4.62. The number of methoxy groups -OCH3 is 1. The van der Waals surface area contributed by atoms with Crippen molar-refractivity contribution in [2.75, 3.05) is 7.11 Å². The SMILES string of the molecule is CCc1nn(CC)c(CSc2ccc(OC)cc2)c1Br. The lowest BCUT2D eigenvalue weighted by Crippen LogP contribution is -2.01. The van der Waals surface area contributed by atoms with Crippen LogP contribution in [0.4, 0.5) is 0 Å². The molecule has 0 radical (unpaired) electrons. The van der Waals surface area contributed by atoms with E-state index in [2.05, 4.69) is 51.7 Å². The van der Waals surface area contributed by atoms with Crippen molar-refractivity contribution in [2.24, 2.45) is 0 Å². The molecular weight excluding hydrogens is 336 g/mol. The van der Waals surface area contributed by atoms with Crippen LogP contribution in [-0.2, 0) is 18.7 Å². The fourth-order valence-corrected chi connectivity index (χ4v) is 3.79. The van der Waals surface area contributed by atoms with Crippen molar-refractivity contribution in [3.05, 3.63) is 40.1 Å². The lowest BCUT2D eigenvalue weighted by atomic mass is 10.3. The molecule has 0 aliphatic carbocycles. The fraction of sp³-hybridized carbons (Fsp3) is 0.400. The molecule has 0 unspecified atom stereocenters. The molecule has 0 saturated carbocycles. The van der Waals surface area contributed by atoms with Gasteiger partial charge in [-0.05, 0) is 53.5 Å². The predicted molar refractivity (Wildman–Crippen MR) is 87.5 cm³/mol. The van der Waals surface area contributed by atoms with Crippen LogP contribution in [0.1, 0.15) is 25.2 Å². The maximum absolute atomic E-state index is 5.17. The van der Waals surface area contributed by atoms with Gasteiger partial charge in [-0.2, -0.15) is 5.10 Å². The summed E-state index contributed by atoms with van der Waals surface area (Å²) in [4.78, 5) is 1.24. The molecule has 0 spiro atoms. The van der Waals surface area contributed by atoms with Crippen LogP contribution in [0.5, 0.6) is 5.75 Å². The van der Waals surface area contributed by atoms with Crippen LogP contribution in [0.15, 0.2) is 33.6 Å². The third-order valence-electron chi connectivity index (χ3n) is 3.13. The summed E-state index contributed by atoms with van der Waals surface area (Å²) in [6.45, 7) is 5.16. The first-order chi connectivity index (χ1) is 9.69. The Morgan fingerprint density at radius 3 is 2.50 bits per heavy atom. The van der Waals surface area contributed by atoms with E-state index >= 15 is 0 Å². The predicted octanol–water partition coefficient (Wildman–Crippen LogP) is 4.53. The molecule has 0 fully saturated rings. The zero-order valence-corrected chi connectivity index (χ0v) is 14.4. The second-order valence-corrected chi connectivity index (χ2v) is 6.18. The Labute approximate surface area is 132 Å². The van der Waals surface area contributed by atoms with Crippen molar-refractivity contribution in [2.45, 2.75) is 37.5 Å². The van der Waals surface area contributed by atoms with Crippen LogP contribution >= 0.6 is 27.7 Å². The van der Waals surface area contributed by atoms with E-state index in [0.717, 1.165) is 34.6 Å². The highest BCUT2D eigenvalue weighted by Gasteiger charge is 2.13. The maximum Gasteiger partial charge on any atom is 0.118 e. The van der Waals surface area contributed by atoms with Gasteiger partial charge in [0.1, 0.15) is 5.75 Å². The van der Waals surface area contributed by atoms with E-state index in [0.29, 0.717) is 0 Å². The van der Waals surface area contributed by atoms with Crippen LogP contribution in [0, 0.1) is 0 Å². The highest BCUT2D eigenvalue weighted by molar-refractivity contribution is 9.10. The minimum absolute atomic E-state index is 0.891. The van der Waals surface area contributed by atoms with Crippen molar-refractivity contribution in [1.29, 1.82) is 0 Å². The van der Waals surface area contributed by atoms with E-state index in [4.69, 9.17) is 4.74 Å². The van der Waals surface area contributed by atoms with Gasteiger partial charge >= 0.3 is 0 Å². The first-order valence-corrected chi connectivity index (χ1v) is 8.48. The van der Waals surface area contributed by atoms with Gasteiger partial charge in [-0.3, -0.25) is 4.68 Å². The summed E-state index contributed by atoms with van der Waals surface area (Å²) in [5.74, 6) is 1.80. The van der Waals surface area contributed by atoms with Gasteiger partial charge in [0.05, 0.1) is 23.0 Å². The quantitative estimate of drug-likeness (QED) is 0.713. The van der Waals surface area contributed by atoms with E-state index in [1.165, 1.54) is 10.6 Å². The van der Waals surface area contributed by atoms with E-state index in [1.807, 2.05) is 23.9 Å². The number of thioether (sulfide) groups is 1. The molecule has 2 rings (SSSR count). The number of hydrogen-bond donors (Lipinski definition) is 0. The molecule has 0 bridgehead atoms. The van der Waals surface area contributed by atoms with E-state index < -0.39 is 0 Å². The van der Waals surface area contributed by atoms with Crippen LogP contribution in [0.2, 0.25) is 0 Å².